The van der Waals surface area contributed by atoms with E-state index in [2.05, 4.69) is 104 Å². The van der Waals surface area contributed by atoms with Crippen LogP contribution in [0.5, 0.6) is 17.4 Å². The third-order valence-electron chi connectivity index (χ3n) is 8.16. The molecule has 46 heavy (non-hydrogen) atoms. The number of rotatable bonds is 7. The van der Waals surface area contributed by atoms with E-state index in [1.54, 1.807) is 12.3 Å². The summed E-state index contributed by atoms with van der Waals surface area (Å²) < 4.78 is 6.30. The van der Waals surface area contributed by atoms with Gasteiger partial charge in [-0.05, 0) is 107 Å². The highest BCUT2D eigenvalue weighted by atomic mass is 16.5. The van der Waals surface area contributed by atoms with Crippen LogP contribution in [0.25, 0.3) is 55.9 Å². The smallest absolute Gasteiger partial charge is 0.219 e. The number of aryl methyl sites for hydroxylation is 2. The molecular weight excluding hydrogens is 564 g/mol. The molecule has 0 atom stereocenters. The van der Waals surface area contributed by atoms with Crippen molar-refractivity contribution in [3.05, 3.63) is 163 Å². The standard InChI is InChI=1S/C42H32N2O2/c1-28-11-10-12-29(2)42(28)35-26-38(44-39(27-35)37-15-6-7-16-40(37)45)34-23-33(24-36(25-34)46-41-17-8-9-22-43-41)32-20-18-31(19-21-32)30-13-4-3-5-14-30/h3-27,45H,1-2H3. The van der Waals surface area contributed by atoms with Crippen LogP contribution < -0.4 is 4.74 Å². The van der Waals surface area contributed by atoms with E-state index >= 15 is 0 Å². The maximum atomic E-state index is 10.8. The molecule has 0 unspecified atom stereocenters. The van der Waals surface area contributed by atoms with Crippen LogP contribution in [0, 0.1) is 13.8 Å². The first-order chi connectivity index (χ1) is 22.5. The largest absolute Gasteiger partial charge is 0.507 e. The van der Waals surface area contributed by atoms with Crippen LogP contribution in [0.3, 0.4) is 0 Å². The molecule has 0 saturated carbocycles. The Labute approximate surface area is 269 Å². The number of aromatic hydroxyl groups is 1. The third-order valence-corrected chi connectivity index (χ3v) is 8.16. The molecule has 0 saturated heterocycles. The van der Waals surface area contributed by atoms with E-state index < -0.39 is 0 Å². The number of phenolic OH excluding ortho intramolecular Hbond substituents is 1. The number of nitrogens with zero attached hydrogens (tertiary/aromatic N) is 2. The first-order valence-corrected chi connectivity index (χ1v) is 15.3. The van der Waals surface area contributed by atoms with E-state index in [0.29, 0.717) is 22.9 Å². The number of pyridine rings is 2. The average Bonchev–Trinajstić information content (AvgIpc) is 3.09. The monoisotopic (exact) mass is 596 g/mol. The first-order valence-electron chi connectivity index (χ1n) is 15.3. The minimum Gasteiger partial charge on any atom is -0.507 e. The molecular formula is C42H32N2O2. The highest BCUT2D eigenvalue weighted by Crippen LogP contribution is 2.39. The van der Waals surface area contributed by atoms with Gasteiger partial charge >= 0.3 is 0 Å². The summed E-state index contributed by atoms with van der Waals surface area (Å²) in [6, 6.07) is 48.6. The van der Waals surface area contributed by atoms with Gasteiger partial charge in [-0.1, -0.05) is 91.0 Å². The van der Waals surface area contributed by atoms with Crippen molar-refractivity contribution < 1.29 is 9.84 Å². The molecule has 2 heterocycles. The third kappa shape index (κ3) is 6.01. The zero-order valence-corrected chi connectivity index (χ0v) is 25.7. The van der Waals surface area contributed by atoms with Crippen LogP contribution >= 0.6 is 0 Å². The van der Waals surface area contributed by atoms with E-state index in [9.17, 15) is 5.11 Å². The Balaban J connectivity index is 1.41. The van der Waals surface area contributed by atoms with Crippen molar-refractivity contribution in [1.82, 2.24) is 9.97 Å². The second-order valence-electron chi connectivity index (χ2n) is 11.4. The molecule has 0 aliphatic carbocycles. The lowest BCUT2D eigenvalue weighted by Crippen LogP contribution is -1.95. The van der Waals surface area contributed by atoms with Gasteiger partial charge in [-0.25, -0.2) is 9.97 Å². The van der Waals surface area contributed by atoms with Crippen molar-refractivity contribution in [3.8, 4) is 73.3 Å². The molecule has 0 amide bonds. The predicted octanol–water partition coefficient (Wildman–Crippen LogP) is 10.9. The van der Waals surface area contributed by atoms with E-state index in [-0.39, 0.29) is 5.75 Å². The molecule has 0 aliphatic rings. The van der Waals surface area contributed by atoms with Gasteiger partial charge in [0.15, 0.2) is 0 Å². The lowest BCUT2D eigenvalue weighted by atomic mass is 9.93. The summed E-state index contributed by atoms with van der Waals surface area (Å²) in [5.74, 6) is 1.35. The van der Waals surface area contributed by atoms with Crippen molar-refractivity contribution in [1.29, 1.82) is 0 Å². The molecule has 0 spiro atoms. The number of hydrogen-bond acceptors (Lipinski definition) is 4. The van der Waals surface area contributed by atoms with E-state index in [1.165, 1.54) is 16.7 Å². The van der Waals surface area contributed by atoms with Crippen LogP contribution in [-0.2, 0) is 0 Å². The van der Waals surface area contributed by atoms with Crippen LogP contribution in [0.4, 0.5) is 0 Å². The highest BCUT2D eigenvalue weighted by Gasteiger charge is 2.16. The topological polar surface area (TPSA) is 55.2 Å². The number of ether oxygens (including phenoxy) is 1. The number of phenols is 1. The summed E-state index contributed by atoms with van der Waals surface area (Å²) in [5.41, 5.74) is 11.9. The van der Waals surface area contributed by atoms with E-state index in [1.807, 2.05) is 54.6 Å². The molecule has 222 valence electrons. The number of para-hydroxylation sites is 1. The summed E-state index contributed by atoms with van der Waals surface area (Å²) in [5, 5.41) is 10.8. The summed E-state index contributed by atoms with van der Waals surface area (Å²) in [7, 11) is 0. The fourth-order valence-corrected chi connectivity index (χ4v) is 5.91. The van der Waals surface area contributed by atoms with Crippen molar-refractivity contribution in [2.45, 2.75) is 13.8 Å². The summed E-state index contributed by atoms with van der Waals surface area (Å²) in [6.45, 7) is 4.25. The predicted molar refractivity (Wildman–Crippen MR) is 187 cm³/mol. The second-order valence-corrected chi connectivity index (χ2v) is 11.4. The van der Waals surface area contributed by atoms with Gasteiger partial charge < -0.3 is 9.84 Å². The van der Waals surface area contributed by atoms with Gasteiger partial charge in [0.1, 0.15) is 11.5 Å². The number of hydrogen-bond donors (Lipinski definition) is 1. The molecule has 0 radical (unpaired) electrons. The van der Waals surface area contributed by atoms with Gasteiger partial charge in [-0.3, -0.25) is 0 Å². The fourth-order valence-electron chi connectivity index (χ4n) is 5.91. The Bertz CT molecular complexity index is 2120. The van der Waals surface area contributed by atoms with Crippen LogP contribution in [-0.4, -0.2) is 15.1 Å². The normalized spacial score (nSPS) is 10.9. The highest BCUT2D eigenvalue weighted by molar-refractivity contribution is 5.83. The Morgan fingerprint density at radius 1 is 0.500 bits per heavy atom. The summed E-state index contributed by atoms with van der Waals surface area (Å²) in [4.78, 5) is 9.52. The molecule has 0 aliphatic heterocycles. The lowest BCUT2D eigenvalue weighted by Gasteiger charge is -2.16. The summed E-state index contributed by atoms with van der Waals surface area (Å²) in [6.07, 6.45) is 1.72. The maximum absolute atomic E-state index is 10.8. The first kappa shape index (κ1) is 28.8. The van der Waals surface area contributed by atoms with Gasteiger partial charge in [-0.2, -0.15) is 0 Å². The van der Waals surface area contributed by atoms with Gasteiger partial charge in [0.2, 0.25) is 5.88 Å². The molecule has 5 aromatic carbocycles. The SMILES string of the molecule is Cc1cccc(C)c1-c1cc(-c2cc(Oc3ccccn3)cc(-c3ccc(-c4ccccc4)cc3)c2)nc(-c2ccccc2O)c1. The van der Waals surface area contributed by atoms with Gasteiger partial charge in [0.25, 0.3) is 0 Å². The molecule has 1 N–H and O–H groups in total. The second kappa shape index (κ2) is 12.5. The Hall–Kier alpha value is -6.00. The van der Waals surface area contributed by atoms with Crippen LogP contribution in [0.1, 0.15) is 11.1 Å². The minimum absolute atomic E-state index is 0.186. The van der Waals surface area contributed by atoms with Gasteiger partial charge in [-0.15, -0.1) is 0 Å². The Morgan fingerprint density at radius 3 is 1.85 bits per heavy atom. The van der Waals surface area contributed by atoms with Crippen molar-refractivity contribution in [2.75, 3.05) is 0 Å². The molecule has 2 aromatic heterocycles. The average molecular weight is 597 g/mol. The van der Waals surface area contributed by atoms with Crippen molar-refractivity contribution in [2.24, 2.45) is 0 Å². The maximum Gasteiger partial charge on any atom is 0.219 e. The number of aromatic nitrogens is 2. The van der Waals surface area contributed by atoms with Crippen LogP contribution in [0.2, 0.25) is 0 Å². The van der Waals surface area contributed by atoms with Crippen molar-refractivity contribution >= 4 is 0 Å². The molecule has 7 rings (SSSR count). The molecule has 0 fully saturated rings. The molecule has 0 bridgehead atoms. The molecule has 7 aromatic rings. The minimum atomic E-state index is 0.186. The number of benzene rings is 5. The molecule has 4 nitrogen and oxygen atoms in total. The van der Waals surface area contributed by atoms with Gasteiger partial charge in [0, 0.05) is 23.4 Å². The zero-order valence-electron chi connectivity index (χ0n) is 25.7. The Morgan fingerprint density at radius 2 is 1.13 bits per heavy atom. The van der Waals surface area contributed by atoms with E-state index in [0.717, 1.165) is 39.1 Å². The van der Waals surface area contributed by atoms with Gasteiger partial charge in [0.05, 0.1) is 11.4 Å². The van der Waals surface area contributed by atoms with E-state index in [4.69, 9.17) is 9.72 Å². The van der Waals surface area contributed by atoms with Crippen LogP contribution in [0.15, 0.2) is 152 Å². The zero-order chi connectivity index (χ0) is 31.5. The lowest BCUT2D eigenvalue weighted by molar-refractivity contribution is 0.463. The fraction of sp³-hybridized carbons (Fsp3) is 0.0476. The van der Waals surface area contributed by atoms with Crippen molar-refractivity contribution in [3.63, 3.8) is 0 Å². The Kier molecular flexibility index (Phi) is 7.84. The molecule has 4 heteroatoms. The summed E-state index contributed by atoms with van der Waals surface area (Å²) >= 11 is 0. The quantitative estimate of drug-likeness (QED) is 0.199.